The summed E-state index contributed by atoms with van der Waals surface area (Å²) in [6.07, 6.45) is 0. The molecule has 0 aliphatic heterocycles. The van der Waals surface area contributed by atoms with Gasteiger partial charge >= 0.3 is 0 Å². The highest BCUT2D eigenvalue weighted by Gasteiger charge is 2.19. The van der Waals surface area contributed by atoms with E-state index >= 15 is 0 Å². The van der Waals surface area contributed by atoms with Crippen LogP contribution in [0.25, 0.3) is 87.6 Å². The van der Waals surface area contributed by atoms with Crippen molar-refractivity contribution >= 4 is 43.1 Å². The molecule has 0 atom stereocenters. The second-order valence-electron chi connectivity index (χ2n) is 12.4. The molecule has 0 saturated carbocycles. The van der Waals surface area contributed by atoms with Crippen molar-refractivity contribution in [3.05, 3.63) is 181 Å². The predicted molar refractivity (Wildman–Crippen MR) is 203 cm³/mol. The molecule has 0 aromatic heterocycles. The first-order valence-electron chi connectivity index (χ1n) is 16.3. The van der Waals surface area contributed by atoms with Crippen molar-refractivity contribution in [1.29, 1.82) is 5.26 Å². The molecular formula is C47H29N. The molecule has 1 nitrogen and oxygen atoms in total. The quantitative estimate of drug-likeness (QED) is 0.183. The summed E-state index contributed by atoms with van der Waals surface area (Å²) in [5.74, 6) is 0. The Labute approximate surface area is 279 Å². The van der Waals surface area contributed by atoms with Crippen molar-refractivity contribution in [2.24, 2.45) is 0 Å². The molecule has 0 aliphatic rings. The summed E-state index contributed by atoms with van der Waals surface area (Å²) in [5.41, 5.74) is 10.3. The van der Waals surface area contributed by atoms with Crippen LogP contribution in [0.5, 0.6) is 0 Å². The standard InChI is InChI=1S/C47H29N/c48-30-31-17-19-34(20-18-31)38-27-28-45(40-12-4-3-11-39(38)40)47-43-15-7-5-13-41(43)46(42-14-6-8-16-44(42)47)35-24-21-33(22-25-35)37-26-23-32-9-1-2-10-36(32)29-37/h1-29H. The molecule has 9 aromatic carbocycles. The number of benzene rings is 9. The van der Waals surface area contributed by atoms with Crippen molar-refractivity contribution in [2.75, 3.05) is 0 Å². The Bertz CT molecular complexity index is 2650. The first-order chi connectivity index (χ1) is 23.8. The van der Waals surface area contributed by atoms with Crippen LogP contribution in [0.4, 0.5) is 0 Å². The van der Waals surface area contributed by atoms with Crippen LogP contribution in [0.2, 0.25) is 0 Å². The fourth-order valence-corrected chi connectivity index (χ4v) is 7.42. The predicted octanol–water partition coefficient (Wildman–Crippen LogP) is 12.8. The average molecular weight is 608 g/mol. The zero-order valence-corrected chi connectivity index (χ0v) is 26.2. The number of hydrogen-bond acceptors (Lipinski definition) is 1. The van der Waals surface area contributed by atoms with Crippen LogP contribution in [0.15, 0.2) is 176 Å². The second kappa shape index (κ2) is 11.4. The largest absolute Gasteiger partial charge is 0.192 e. The molecular weight excluding hydrogens is 579 g/mol. The van der Waals surface area contributed by atoms with Gasteiger partial charge in [-0.15, -0.1) is 0 Å². The van der Waals surface area contributed by atoms with Crippen molar-refractivity contribution in [3.8, 4) is 50.6 Å². The van der Waals surface area contributed by atoms with Gasteiger partial charge in [-0.1, -0.05) is 158 Å². The number of hydrogen-bond donors (Lipinski definition) is 0. The third-order valence-electron chi connectivity index (χ3n) is 9.71. The third-order valence-corrected chi connectivity index (χ3v) is 9.71. The molecule has 0 amide bonds. The van der Waals surface area contributed by atoms with E-state index in [4.69, 9.17) is 0 Å². The first-order valence-corrected chi connectivity index (χ1v) is 16.3. The van der Waals surface area contributed by atoms with Crippen LogP contribution in [-0.4, -0.2) is 0 Å². The van der Waals surface area contributed by atoms with Gasteiger partial charge in [0.15, 0.2) is 0 Å². The Morgan fingerprint density at radius 3 is 1.40 bits per heavy atom. The Balaban J connectivity index is 1.24. The van der Waals surface area contributed by atoms with Crippen molar-refractivity contribution in [2.45, 2.75) is 0 Å². The SMILES string of the molecule is N#Cc1ccc(-c2ccc(-c3c4ccccc4c(-c4ccc(-c5ccc6ccccc6c5)cc4)c4ccccc34)c3ccccc23)cc1. The lowest BCUT2D eigenvalue weighted by Gasteiger charge is -2.20. The monoisotopic (exact) mass is 607 g/mol. The molecule has 9 rings (SSSR count). The maximum Gasteiger partial charge on any atom is 0.0991 e. The normalized spacial score (nSPS) is 11.3. The Morgan fingerprint density at radius 1 is 0.312 bits per heavy atom. The maximum atomic E-state index is 9.34. The lowest BCUT2D eigenvalue weighted by atomic mass is 9.83. The van der Waals surface area contributed by atoms with Crippen LogP contribution in [0, 0.1) is 11.3 Å². The van der Waals surface area contributed by atoms with Gasteiger partial charge in [0, 0.05) is 0 Å². The number of nitrogens with zero attached hydrogens (tertiary/aromatic N) is 1. The fraction of sp³-hybridized carbons (Fsp3) is 0. The highest BCUT2D eigenvalue weighted by molar-refractivity contribution is 6.24. The zero-order chi connectivity index (χ0) is 32.0. The second-order valence-corrected chi connectivity index (χ2v) is 12.4. The number of rotatable bonds is 4. The van der Waals surface area contributed by atoms with E-state index in [-0.39, 0.29) is 0 Å². The maximum absolute atomic E-state index is 9.34. The lowest BCUT2D eigenvalue weighted by Crippen LogP contribution is -1.92. The molecule has 0 fully saturated rings. The summed E-state index contributed by atoms with van der Waals surface area (Å²) in [7, 11) is 0. The fourth-order valence-electron chi connectivity index (χ4n) is 7.42. The van der Waals surface area contributed by atoms with E-state index in [1.54, 1.807) is 0 Å². The molecule has 1 heteroatoms. The minimum absolute atomic E-state index is 0.668. The van der Waals surface area contributed by atoms with Crippen LogP contribution < -0.4 is 0 Å². The highest BCUT2D eigenvalue weighted by atomic mass is 14.2. The van der Waals surface area contributed by atoms with Gasteiger partial charge in [-0.25, -0.2) is 0 Å². The Hall–Kier alpha value is -6.49. The van der Waals surface area contributed by atoms with Gasteiger partial charge in [0.05, 0.1) is 11.6 Å². The third kappa shape index (κ3) is 4.55. The van der Waals surface area contributed by atoms with Crippen LogP contribution in [0.1, 0.15) is 5.56 Å². The zero-order valence-electron chi connectivity index (χ0n) is 26.2. The number of nitriles is 1. The summed E-state index contributed by atoms with van der Waals surface area (Å²) < 4.78 is 0. The lowest BCUT2D eigenvalue weighted by molar-refractivity contribution is 1.48. The Morgan fingerprint density at radius 2 is 0.771 bits per heavy atom. The number of fused-ring (bicyclic) bond motifs is 4. The van der Waals surface area contributed by atoms with Crippen molar-refractivity contribution < 1.29 is 0 Å². The minimum atomic E-state index is 0.668. The Kier molecular flexibility index (Phi) is 6.59. The summed E-state index contributed by atoms with van der Waals surface area (Å²) in [6, 6.07) is 65.3. The van der Waals surface area contributed by atoms with Crippen LogP contribution in [-0.2, 0) is 0 Å². The van der Waals surface area contributed by atoms with E-state index in [9.17, 15) is 5.26 Å². The van der Waals surface area contributed by atoms with E-state index in [1.165, 1.54) is 76.5 Å². The minimum Gasteiger partial charge on any atom is -0.192 e. The van der Waals surface area contributed by atoms with Gasteiger partial charge in [0.25, 0.3) is 0 Å². The molecule has 0 saturated heterocycles. The molecule has 48 heavy (non-hydrogen) atoms. The molecule has 0 aliphatic carbocycles. The van der Waals surface area contributed by atoms with Crippen molar-refractivity contribution in [1.82, 2.24) is 0 Å². The van der Waals surface area contributed by atoms with E-state index in [1.807, 2.05) is 24.3 Å². The smallest absolute Gasteiger partial charge is 0.0991 e. The van der Waals surface area contributed by atoms with Crippen LogP contribution >= 0.6 is 0 Å². The topological polar surface area (TPSA) is 23.8 Å². The highest BCUT2D eigenvalue weighted by Crippen LogP contribution is 2.46. The summed E-state index contributed by atoms with van der Waals surface area (Å²) >= 11 is 0. The van der Waals surface area contributed by atoms with Gasteiger partial charge < -0.3 is 0 Å². The van der Waals surface area contributed by atoms with E-state index in [2.05, 4.69) is 158 Å². The summed E-state index contributed by atoms with van der Waals surface area (Å²) in [4.78, 5) is 0. The molecule has 0 heterocycles. The van der Waals surface area contributed by atoms with Gasteiger partial charge in [-0.2, -0.15) is 5.26 Å². The van der Waals surface area contributed by atoms with E-state index in [0.717, 1.165) is 11.1 Å². The molecule has 0 N–H and O–H groups in total. The average Bonchev–Trinajstić information content (AvgIpc) is 3.16. The van der Waals surface area contributed by atoms with E-state index in [0.29, 0.717) is 5.56 Å². The summed E-state index contributed by atoms with van der Waals surface area (Å²) in [5, 5.41) is 19.2. The van der Waals surface area contributed by atoms with E-state index < -0.39 is 0 Å². The molecule has 0 spiro atoms. The summed E-state index contributed by atoms with van der Waals surface area (Å²) in [6.45, 7) is 0. The first kappa shape index (κ1) is 27.8. The van der Waals surface area contributed by atoms with Crippen LogP contribution in [0.3, 0.4) is 0 Å². The molecule has 222 valence electrons. The molecule has 0 bridgehead atoms. The van der Waals surface area contributed by atoms with Crippen molar-refractivity contribution in [3.63, 3.8) is 0 Å². The van der Waals surface area contributed by atoms with Gasteiger partial charge in [-0.3, -0.25) is 0 Å². The van der Waals surface area contributed by atoms with Gasteiger partial charge in [-0.05, 0) is 106 Å². The molecule has 0 radical (unpaired) electrons. The van der Waals surface area contributed by atoms with Gasteiger partial charge in [0.2, 0.25) is 0 Å². The van der Waals surface area contributed by atoms with Gasteiger partial charge in [0.1, 0.15) is 0 Å². The molecule has 0 unspecified atom stereocenters. The molecule has 9 aromatic rings.